The van der Waals surface area contributed by atoms with Gasteiger partial charge in [0.25, 0.3) is 5.91 Å². The first kappa shape index (κ1) is 21.4. The van der Waals surface area contributed by atoms with Gasteiger partial charge < -0.3 is 11.1 Å². The molecule has 0 spiro atoms. The Balaban J connectivity index is 1.59. The van der Waals surface area contributed by atoms with Gasteiger partial charge >= 0.3 is 0 Å². The number of amides is 1. The van der Waals surface area contributed by atoms with Crippen molar-refractivity contribution in [3.8, 4) is 6.07 Å². The third-order valence-corrected chi connectivity index (χ3v) is 5.51. The van der Waals surface area contributed by atoms with Crippen molar-refractivity contribution in [2.45, 2.75) is 19.0 Å². The molecule has 1 aliphatic heterocycles. The summed E-state index contributed by atoms with van der Waals surface area (Å²) in [5.74, 6) is -1.72. The maximum absolute atomic E-state index is 14.0. The van der Waals surface area contributed by atoms with Crippen molar-refractivity contribution in [2.75, 3.05) is 18.4 Å². The lowest BCUT2D eigenvalue weighted by molar-refractivity contribution is 0.1000. The van der Waals surface area contributed by atoms with Gasteiger partial charge in [-0.3, -0.25) is 14.4 Å². The fourth-order valence-electron chi connectivity index (χ4n) is 3.84. The lowest BCUT2D eigenvalue weighted by Gasteiger charge is -2.35. The van der Waals surface area contributed by atoms with Gasteiger partial charge in [-0.15, -0.1) is 0 Å². The number of aromatic nitrogens is 3. The molecule has 0 aliphatic carbocycles. The number of hydrogen-bond donors (Lipinski definition) is 2. The summed E-state index contributed by atoms with van der Waals surface area (Å²) in [6.45, 7) is 1.40. The zero-order valence-corrected chi connectivity index (χ0v) is 17.1. The molecule has 3 N–H and O–H groups in total. The maximum Gasteiger partial charge on any atom is 0.254 e. The van der Waals surface area contributed by atoms with Gasteiger partial charge in [-0.05, 0) is 43.3 Å². The Bertz CT molecular complexity index is 1160. The van der Waals surface area contributed by atoms with Crippen LogP contribution in [0.3, 0.4) is 0 Å². The van der Waals surface area contributed by atoms with Gasteiger partial charge in [0.1, 0.15) is 11.4 Å². The summed E-state index contributed by atoms with van der Waals surface area (Å²) < 4.78 is 28.8. The minimum atomic E-state index is -0.681. The second-order valence-electron chi connectivity index (χ2n) is 7.65. The zero-order valence-electron chi connectivity index (χ0n) is 17.1. The van der Waals surface area contributed by atoms with Gasteiger partial charge in [0.2, 0.25) is 5.95 Å². The van der Waals surface area contributed by atoms with Crippen LogP contribution in [0.5, 0.6) is 0 Å². The Labute approximate surface area is 183 Å². The number of nitrogens with one attached hydrogen (secondary N) is 1. The average Bonchev–Trinajstić information content (AvgIpc) is 3.21. The summed E-state index contributed by atoms with van der Waals surface area (Å²) in [7, 11) is 0. The molecule has 0 bridgehead atoms. The molecule has 0 unspecified atom stereocenters. The number of likely N-dealkylation sites (tertiary alicyclic amines) is 1. The van der Waals surface area contributed by atoms with Crippen LogP contribution in [0, 0.1) is 29.0 Å². The molecule has 2 aromatic heterocycles. The number of carbonyl (C=O) groups is 1. The number of anilines is 2. The maximum atomic E-state index is 14.0. The monoisotopic (exact) mass is 437 g/mol. The van der Waals surface area contributed by atoms with Crippen LogP contribution < -0.4 is 11.1 Å². The number of piperidine rings is 1. The zero-order chi connectivity index (χ0) is 22.7. The first-order valence-corrected chi connectivity index (χ1v) is 10.1. The first-order valence-electron chi connectivity index (χ1n) is 10.1. The molecule has 3 aromatic rings. The minimum absolute atomic E-state index is 0.154. The molecule has 1 amide bonds. The van der Waals surface area contributed by atoms with Crippen LogP contribution in [0.25, 0.3) is 0 Å². The molecular weight excluding hydrogens is 416 g/mol. The Morgan fingerprint density at radius 3 is 2.75 bits per heavy atom. The highest BCUT2D eigenvalue weighted by atomic mass is 19.1. The number of halogens is 2. The SMILES string of the molecule is N#C[C@H]1CCN(Cc2cccnc2F)C[C@@H]1n1cc(C(N)=O)c(Nc2ccc(F)cc2)n1. The molecule has 1 saturated heterocycles. The number of hydrogen-bond acceptors (Lipinski definition) is 6. The topological polar surface area (TPSA) is 113 Å². The van der Waals surface area contributed by atoms with Crippen molar-refractivity contribution in [1.29, 1.82) is 5.26 Å². The van der Waals surface area contributed by atoms with Gasteiger partial charge in [0.15, 0.2) is 5.82 Å². The summed E-state index contributed by atoms with van der Waals surface area (Å²) in [4.78, 5) is 17.7. The third kappa shape index (κ3) is 4.58. The number of nitrogens with two attached hydrogens (primary N) is 1. The molecule has 2 atom stereocenters. The van der Waals surface area contributed by atoms with Gasteiger partial charge in [-0.25, -0.2) is 9.37 Å². The van der Waals surface area contributed by atoms with E-state index in [1.807, 2.05) is 4.90 Å². The minimum Gasteiger partial charge on any atom is -0.365 e. The lowest BCUT2D eigenvalue weighted by Crippen LogP contribution is -2.41. The summed E-state index contributed by atoms with van der Waals surface area (Å²) in [6, 6.07) is 10.9. The predicted molar refractivity (Wildman–Crippen MR) is 113 cm³/mol. The van der Waals surface area contributed by atoms with Crippen LogP contribution >= 0.6 is 0 Å². The number of nitrogens with zero attached hydrogens (tertiary/aromatic N) is 5. The van der Waals surface area contributed by atoms with E-state index in [9.17, 15) is 18.8 Å². The first-order chi connectivity index (χ1) is 15.4. The van der Waals surface area contributed by atoms with Crippen molar-refractivity contribution in [2.24, 2.45) is 11.7 Å². The summed E-state index contributed by atoms with van der Waals surface area (Å²) >= 11 is 0. The largest absolute Gasteiger partial charge is 0.365 e. The second kappa shape index (κ2) is 9.11. The lowest BCUT2D eigenvalue weighted by atomic mass is 9.92. The normalized spacial score (nSPS) is 18.8. The van der Waals surface area contributed by atoms with Crippen LogP contribution in [0.2, 0.25) is 0 Å². The highest BCUT2D eigenvalue weighted by Gasteiger charge is 2.32. The Kier molecular flexibility index (Phi) is 6.09. The molecule has 1 fully saturated rings. The summed E-state index contributed by atoms with van der Waals surface area (Å²) in [5, 5.41) is 17.1. The van der Waals surface area contributed by atoms with Crippen LogP contribution in [0.1, 0.15) is 28.4 Å². The van der Waals surface area contributed by atoms with E-state index in [-0.39, 0.29) is 29.2 Å². The molecule has 164 valence electrons. The van der Waals surface area contributed by atoms with Crippen LogP contribution in [-0.2, 0) is 6.54 Å². The van der Waals surface area contributed by atoms with Crippen molar-refractivity contribution in [3.63, 3.8) is 0 Å². The number of rotatable bonds is 6. The molecule has 4 rings (SSSR count). The number of pyridine rings is 1. The molecule has 32 heavy (non-hydrogen) atoms. The van der Waals surface area contributed by atoms with E-state index in [4.69, 9.17) is 5.73 Å². The second-order valence-corrected chi connectivity index (χ2v) is 7.65. The predicted octanol–water partition coefficient (Wildman–Crippen LogP) is 2.99. The van der Waals surface area contributed by atoms with Gasteiger partial charge in [0.05, 0.1) is 18.0 Å². The Morgan fingerprint density at radius 2 is 2.06 bits per heavy atom. The fraction of sp³-hybridized carbons (Fsp3) is 0.273. The number of carbonyl (C=O) groups excluding carboxylic acids is 1. The van der Waals surface area contributed by atoms with E-state index in [0.29, 0.717) is 37.3 Å². The highest BCUT2D eigenvalue weighted by molar-refractivity contribution is 5.98. The molecule has 0 radical (unpaired) electrons. The number of primary amides is 1. The van der Waals surface area contributed by atoms with Crippen LogP contribution in [0.15, 0.2) is 48.8 Å². The molecule has 10 heteroatoms. The van der Waals surface area contributed by atoms with E-state index < -0.39 is 11.9 Å². The van der Waals surface area contributed by atoms with E-state index in [1.165, 1.54) is 36.7 Å². The molecular formula is C22H21F2N7O. The third-order valence-electron chi connectivity index (χ3n) is 5.51. The summed E-state index contributed by atoms with van der Waals surface area (Å²) in [6.07, 6.45) is 3.47. The van der Waals surface area contributed by atoms with E-state index in [0.717, 1.165) is 0 Å². The summed E-state index contributed by atoms with van der Waals surface area (Å²) in [5.41, 5.74) is 6.69. The van der Waals surface area contributed by atoms with E-state index >= 15 is 0 Å². The molecule has 1 aliphatic rings. The Morgan fingerprint density at radius 1 is 1.28 bits per heavy atom. The van der Waals surface area contributed by atoms with Crippen LogP contribution in [-0.4, -0.2) is 38.7 Å². The number of nitriles is 1. The molecule has 8 nitrogen and oxygen atoms in total. The van der Waals surface area contributed by atoms with Crippen molar-refractivity contribution in [1.82, 2.24) is 19.7 Å². The van der Waals surface area contributed by atoms with Crippen molar-refractivity contribution < 1.29 is 13.6 Å². The Hall–Kier alpha value is -3.84. The smallest absolute Gasteiger partial charge is 0.254 e. The highest BCUT2D eigenvalue weighted by Crippen LogP contribution is 2.30. The van der Waals surface area contributed by atoms with Crippen LogP contribution in [0.4, 0.5) is 20.3 Å². The fourth-order valence-corrected chi connectivity index (χ4v) is 3.84. The van der Waals surface area contributed by atoms with Crippen molar-refractivity contribution in [3.05, 3.63) is 71.7 Å². The van der Waals surface area contributed by atoms with Gasteiger partial charge in [0, 0.05) is 36.7 Å². The van der Waals surface area contributed by atoms with Gasteiger partial charge in [-0.2, -0.15) is 14.8 Å². The molecule has 1 aromatic carbocycles. The molecule has 0 saturated carbocycles. The van der Waals surface area contributed by atoms with E-state index in [2.05, 4.69) is 21.5 Å². The number of benzene rings is 1. The average molecular weight is 437 g/mol. The van der Waals surface area contributed by atoms with Crippen molar-refractivity contribution >= 4 is 17.4 Å². The van der Waals surface area contributed by atoms with Gasteiger partial charge in [-0.1, -0.05) is 6.07 Å². The van der Waals surface area contributed by atoms with E-state index in [1.54, 1.807) is 16.8 Å². The quantitative estimate of drug-likeness (QED) is 0.574. The molecule has 3 heterocycles. The standard InChI is InChI=1S/C22H21F2N7O/c23-16-3-5-17(6-4-16)28-22-18(21(26)32)12-31(29-22)19-13-30(9-7-14(19)10-25)11-15-2-1-8-27-20(15)24/h1-6,8,12,14,19H,7,9,11,13H2,(H2,26,32)(H,28,29)/t14-,19+/m1/s1.